The summed E-state index contributed by atoms with van der Waals surface area (Å²) in [4.78, 5) is 12.5. The fourth-order valence-electron chi connectivity index (χ4n) is 1.80. The van der Waals surface area contributed by atoms with Gasteiger partial charge < -0.3 is 4.90 Å². The topological polar surface area (TPSA) is 57.7 Å². The Labute approximate surface area is 120 Å². The number of nitrogens with zero attached hydrogens (tertiary/aromatic N) is 2. The minimum atomic E-state index is -3.42. The summed E-state index contributed by atoms with van der Waals surface area (Å²) in [5.74, 6) is 0. The number of piperazine rings is 1. The third kappa shape index (κ3) is 2.83. The molecule has 5 nitrogen and oxygen atoms in total. The largest absolute Gasteiger partial charge is 0.343 e. The van der Waals surface area contributed by atoms with Gasteiger partial charge in [-0.05, 0) is 46.9 Å². The normalized spacial score (nSPS) is 17.7. The van der Waals surface area contributed by atoms with Crippen LogP contribution in [0.4, 0.5) is 0 Å². The maximum atomic E-state index is 12.3. The first kappa shape index (κ1) is 13.8. The summed E-state index contributed by atoms with van der Waals surface area (Å²) in [5.41, 5.74) is 0. The van der Waals surface area contributed by atoms with Crippen LogP contribution in [0.1, 0.15) is 0 Å². The highest BCUT2D eigenvalue weighted by atomic mass is 127. The number of halogens is 1. The minimum absolute atomic E-state index is 0.308. The Balaban J connectivity index is 2.17. The van der Waals surface area contributed by atoms with Gasteiger partial charge in [-0.3, -0.25) is 4.79 Å². The van der Waals surface area contributed by atoms with Gasteiger partial charge in [0.25, 0.3) is 0 Å². The number of sulfonamides is 1. The van der Waals surface area contributed by atoms with Crippen LogP contribution in [0.2, 0.25) is 0 Å². The van der Waals surface area contributed by atoms with Gasteiger partial charge in [-0.15, -0.1) is 0 Å². The molecule has 1 aliphatic heterocycles. The van der Waals surface area contributed by atoms with Crippen molar-refractivity contribution in [3.63, 3.8) is 0 Å². The molecule has 0 atom stereocenters. The van der Waals surface area contributed by atoms with Gasteiger partial charge in [0.2, 0.25) is 16.4 Å². The predicted octanol–water partition coefficient (Wildman–Crippen LogP) is 0.754. The Bertz CT molecular complexity index is 522. The molecule has 0 bridgehead atoms. The second-order valence-corrected chi connectivity index (χ2v) is 7.18. The van der Waals surface area contributed by atoms with Crippen LogP contribution in [0.5, 0.6) is 0 Å². The first-order valence-corrected chi connectivity index (χ1v) is 8.01. The maximum Gasteiger partial charge on any atom is 0.243 e. The van der Waals surface area contributed by atoms with Crippen LogP contribution < -0.4 is 0 Å². The van der Waals surface area contributed by atoms with Gasteiger partial charge in [0.1, 0.15) is 0 Å². The first-order chi connectivity index (χ1) is 8.54. The Morgan fingerprint density at radius 2 is 1.61 bits per heavy atom. The van der Waals surface area contributed by atoms with Crippen LogP contribution in [0.25, 0.3) is 0 Å². The number of amides is 1. The molecule has 0 aliphatic carbocycles. The molecule has 1 aromatic carbocycles. The highest BCUT2D eigenvalue weighted by Gasteiger charge is 2.27. The van der Waals surface area contributed by atoms with Gasteiger partial charge in [0.15, 0.2) is 0 Å². The summed E-state index contributed by atoms with van der Waals surface area (Å²) >= 11 is 2.13. The number of carbonyl (C=O) groups excluding carboxylic acids is 1. The summed E-state index contributed by atoms with van der Waals surface area (Å²) in [6, 6.07) is 6.77. The molecule has 0 saturated carbocycles. The molecular formula is C11H13IN2O3S. The van der Waals surface area contributed by atoms with E-state index in [2.05, 4.69) is 22.6 Å². The SMILES string of the molecule is O=CN1CCN(S(=O)(=O)c2ccc(I)cc2)CC1. The van der Waals surface area contributed by atoms with E-state index >= 15 is 0 Å². The zero-order chi connectivity index (χ0) is 13.2. The predicted molar refractivity (Wildman–Crippen MR) is 75.6 cm³/mol. The second-order valence-electron chi connectivity index (χ2n) is 4.00. The van der Waals surface area contributed by atoms with Crippen LogP contribution in [-0.4, -0.2) is 50.2 Å². The minimum Gasteiger partial charge on any atom is -0.343 e. The zero-order valence-electron chi connectivity index (χ0n) is 9.62. The number of carbonyl (C=O) groups is 1. The lowest BCUT2D eigenvalue weighted by Crippen LogP contribution is -2.47. The highest BCUT2D eigenvalue weighted by Crippen LogP contribution is 2.18. The van der Waals surface area contributed by atoms with E-state index < -0.39 is 10.0 Å². The molecule has 18 heavy (non-hydrogen) atoms. The van der Waals surface area contributed by atoms with Crippen LogP contribution in [0.3, 0.4) is 0 Å². The van der Waals surface area contributed by atoms with Crippen molar-refractivity contribution in [3.05, 3.63) is 27.8 Å². The standard InChI is InChI=1S/C11H13IN2O3S/c12-10-1-3-11(4-2-10)18(16,17)14-7-5-13(9-15)6-8-14/h1-4,9H,5-8H2. The third-order valence-electron chi connectivity index (χ3n) is 2.87. The number of hydrogen-bond acceptors (Lipinski definition) is 3. The van der Waals surface area contributed by atoms with Crippen LogP contribution >= 0.6 is 22.6 Å². The van der Waals surface area contributed by atoms with E-state index in [1.807, 2.05) is 0 Å². The summed E-state index contributed by atoms with van der Waals surface area (Å²) in [6.07, 6.45) is 0.759. The number of benzene rings is 1. The summed E-state index contributed by atoms with van der Waals surface area (Å²) < 4.78 is 27.0. The van der Waals surface area contributed by atoms with Gasteiger partial charge in [0, 0.05) is 29.7 Å². The van der Waals surface area contributed by atoms with Gasteiger partial charge in [-0.2, -0.15) is 4.31 Å². The lowest BCUT2D eigenvalue weighted by atomic mass is 10.4. The van der Waals surface area contributed by atoms with E-state index in [1.165, 1.54) is 4.31 Å². The Morgan fingerprint density at radius 3 is 2.11 bits per heavy atom. The van der Waals surface area contributed by atoms with Gasteiger partial charge >= 0.3 is 0 Å². The average molecular weight is 380 g/mol. The summed E-state index contributed by atoms with van der Waals surface area (Å²) in [6.45, 7) is 1.61. The van der Waals surface area contributed by atoms with Crippen molar-refractivity contribution in [2.75, 3.05) is 26.2 Å². The molecular weight excluding hydrogens is 367 g/mol. The van der Waals surface area contributed by atoms with Gasteiger partial charge in [-0.1, -0.05) is 0 Å². The molecule has 1 saturated heterocycles. The van der Waals surface area contributed by atoms with E-state index in [1.54, 1.807) is 29.2 Å². The van der Waals surface area contributed by atoms with Gasteiger partial charge in [0.05, 0.1) is 4.90 Å². The highest BCUT2D eigenvalue weighted by molar-refractivity contribution is 14.1. The molecule has 98 valence electrons. The Morgan fingerprint density at radius 1 is 1.06 bits per heavy atom. The molecule has 2 rings (SSSR count). The molecule has 1 heterocycles. The molecule has 1 aliphatic rings. The average Bonchev–Trinajstić information content (AvgIpc) is 2.39. The Kier molecular flexibility index (Phi) is 4.23. The smallest absolute Gasteiger partial charge is 0.243 e. The quantitative estimate of drug-likeness (QED) is 0.575. The second kappa shape index (κ2) is 5.54. The molecule has 0 aromatic heterocycles. The van der Waals surface area contributed by atoms with E-state index in [0.717, 1.165) is 9.98 Å². The zero-order valence-corrected chi connectivity index (χ0v) is 12.6. The van der Waals surface area contributed by atoms with Crippen molar-refractivity contribution in [2.45, 2.75) is 4.90 Å². The van der Waals surface area contributed by atoms with Crippen LogP contribution in [0, 0.1) is 3.57 Å². The number of rotatable bonds is 3. The molecule has 0 spiro atoms. The lowest BCUT2D eigenvalue weighted by Gasteiger charge is -2.31. The fraction of sp³-hybridized carbons (Fsp3) is 0.364. The van der Waals surface area contributed by atoms with Crippen LogP contribution in [0.15, 0.2) is 29.2 Å². The molecule has 0 N–H and O–H groups in total. The van der Waals surface area contributed by atoms with Crippen molar-refractivity contribution < 1.29 is 13.2 Å². The van der Waals surface area contributed by atoms with Crippen molar-refractivity contribution in [3.8, 4) is 0 Å². The fourth-order valence-corrected chi connectivity index (χ4v) is 3.59. The van der Waals surface area contributed by atoms with E-state index in [0.29, 0.717) is 31.1 Å². The molecule has 1 fully saturated rings. The van der Waals surface area contributed by atoms with Crippen molar-refractivity contribution in [1.82, 2.24) is 9.21 Å². The van der Waals surface area contributed by atoms with Crippen molar-refractivity contribution in [1.29, 1.82) is 0 Å². The van der Waals surface area contributed by atoms with E-state index in [9.17, 15) is 13.2 Å². The Hall–Kier alpha value is -0.670. The monoisotopic (exact) mass is 380 g/mol. The molecule has 1 aromatic rings. The van der Waals surface area contributed by atoms with Crippen molar-refractivity contribution in [2.24, 2.45) is 0 Å². The van der Waals surface area contributed by atoms with Crippen LogP contribution in [-0.2, 0) is 14.8 Å². The lowest BCUT2D eigenvalue weighted by molar-refractivity contribution is -0.119. The summed E-state index contributed by atoms with van der Waals surface area (Å²) in [7, 11) is -3.42. The van der Waals surface area contributed by atoms with E-state index in [-0.39, 0.29) is 0 Å². The molecule has 1 amide bonds. The molecule has 7 heteroatoms. The van der Waals surface area contributed by atoms with Crippen molar-refractivity contribution >= 4 is 39.0 Å². The molecule has 0 radical (unpaired) electrons. The van der Waals surface area contributed by atoms with E-state index in [4.69, 9.17) is 0 Å². The van der Waals surface area contributed by atoms with Gasteiger partial charge in [-0.25, -0.2) is 8.42 Å². The summed E-state index contributed by atoms with van der Waals surface area (Å²) in [5, 5.41) is 0. The first-order valence-electron chi connectivity index (χ1n) is 5.49. The molecule has 0 unspecified atom stereocenters. The maximum absolute atomic E-state index is 12.3. The third-order valence-corrected chi connectivity index (χ3v) is 5.51. The number of hydrogen-bond donors (Lipinski definition) is 0.